The Bertz CT molecular complexity index is 1240. The van der Waals surface area contributed by atoms with E-state index in [1.165, 1.54) is 32.1 Å². The summed E-state index contributed by atoms with van der Waals surface area (Å²) in [7, 11) is 1.11. The van der Waals surface area contributed by atoms with Crippen LogP contribution in [0.5, 0.6) is 0 Å². The van der Waals surface area contributed by atoms with Crippen molar-refractivity contribution in [1.29, 1.82) is 0 Å². The van der Waals surface area contributed by atoms with Crippen LogP contribution in [0.4, 0.5) is 0 Å². The normalized spacial score (nSPS) is 14.4. The van der Waals surface area contributed by atoms with Crippen LogP contribution in [0.25, 0.3) is 0 Å². The smallest absolute Gasteiger partial charge is 0.306 e. The third kappa shape index (κ3) is 42.6. The minimum absolute atomic E-state index is 0.0479. The molecule has 57 heavy (non-hydrogen) atoms. The molecule has 0 aliphatic heterocycles. The van der Waals surface area contributed by atoms with Crippen molar-refractivity contribution in [2.45, 2.75) is 155 Å². The number of phosphoric ester groups is 1. The second kappa shape index (κ2) is 38.7. The molecular formula is C47H80NO8P. The summed E-state index contributed by atoms with van der Waals surface area (Å²) in [5.74, 6) is -0.951. The Morgan fingerprint density at radius 2 is 1.04 bits per heavy atom. The molecule has 0 saturated carbocycles. The predicted octanol–water partition coefficient (Wildman–Crippen LogP) is 11.8. The van der Waals surface area contributed by atoms with Gasteiger partial charge in [-0.2, -0.15) is 0 Å². The molecule has 0 fully saturated rings. The van der Waals surface area contributed by atoms with Gasteiger partial charge in [0, 0.05) is 12.8 Å². The Kier molecular flexibility index (Phi) is 36.8. The van der Waals surface area contributed by atoms with Gasteiger partial charge in [-0.15, -0.1) is 0 Å². The van der Waals surface area contributed by atoms with E-state index in [-0.39, 0.29) is 26.1 Å². The molecule has 0 bridgehead atoms. The molecule has 0 aliphatic carbocycles. The van der Waals surface area contributed by atoms with Gasteiger partial charge in [-0.25, -0.2) is 0 Å². The maximum atomic E-state index is 12.7. The molecule has 0 radical (unpaired) electrons. The lowest BCUT2D eigenvalue weighted by Crippen LogP contribution is -2.37. The van der Waals surface area contributed by atoms with E-state index < -0.39 is 32.5 Å². The average Bonchev–Trinajstić information content (AvgIpc) is 3.16. The number of nitrogens with zero attached hydrogens (tertiary/aromatic N) is 1. The van der Waals surface area contributed by atoms with Gasteiger partial charge in [0.1, 0.15) is 19.8 Å². The lowest BCUT2D eigenvalue weighted by Gasteiger charge is -2.28. The van der Waals surface area contributed by atoms with Crippen LogP contribution in [-0.4, -0.2) is 70.0 Å². The largest absolute Gasteiger partial charge is 0.756 e. The molecule has 0 aromatic rings. The van der Waals surface area contributed by atoms with E-state index in [0.717, 1.165) is 77.0 Å². The Morgan fingerprint density at radius 3 is 1.56 bits per heavy atom. The van der Waals surface area contributed by atoms with Crippen molar-refractivity contribution in [3.05, 3.63) is 85.1 Å². The number of rotatable bonds is 38. The van der Waals surface area contributed by atoms with Crippen LogP contribution in [0.3, 0.4) is 0 Å². The Morgan fingerprint density at radius 1 is 0.561 bits per heavy atom. The fourth-order valence-electron chi connectivity index (χ4n) is 5.26. The summed E-state index contributed by atoms with van der Waals surface area (Å²) in [5.41, 5.74) is 0. The number of esters is 2. The molecule has 0 saturated heterocycles. The second-order valence-corrected chi connectivity index (χ2v) is 16.7. The molecule has 0 heterocycles. The van der Waals surface area contributed by atoms with Gasteiger partial charge in [0.25, 0.3) is 7.82 Å². The van der Waals surface area contributed by atoms with Crippen LogP contribution >= 0.6 is 7.82 Å². The van der Waals surface area contributed by atoms with E-state index >= 15 is 0 Å². The van der Waals surface area contributed by atoms with Gasteiger partial charge in [0.15, 0.2) is 6.10 Å². The summed E-state index contributed by atoms with van der Waals surface area (Å²) in [4.78, 5) is 37.5. The van der Waals surface area contributed by atoms with Crippen LogP contribution in [0, 0.1) is 0 Å². The van der Waals surface area contributed by atoms with Crippen molar-refractivity contribution in [3.8, 4) is 0 Å². The second-order valence-electron chi connectivity index (χ2n) is 15.3. The van der Waals surface area contributed by atoms with Crippen LogP contribution < -0.4 is 4.89 Å². The molecular weight excluding hydrogens is 737 g/mol. The number of ether oxygens (including phenoxy) is 2. The summed E-state index contributed by atoms with van der Waals surface area (Å²) >= 11 is 0. The maximum absolute atomic E-state index is 12.7. The molecule has 10 heteroatoms. The van der Waals surface area contributed by atoms with Gasteiger partial charge in [-0.3, -0.25) is 14.2 Å². The lowest BCUT2D eigenvalue weighted by molar-refractivity contribution is -0.870. The first kappa shape index (κ1) is 54.2. The van der Waals surface area contributed by atoms with Crippen LogP contribution in [-0.2, 0) is 32.7 Å². The molecule has 1 unspecified atom stereocenters. The first-order chi connectivity index (χ1) is 27.5. The van der Waals surface area contributed by atoms with Crippen molar-refractivity contribution in [2.24, 2.45) is 0 Å². The van der Waals surface area contributed by atoms with E-state index in [1.807, 2.05) is 33.3 Å². The highest BCUT2D eigenvalue weighted by Gasteiger charge is 2.21. The van der Waals surface area contributed by atoms with Crippen molar-refractivity contribution < 1.29 is 42.1 Å². The Labute approximate surface area is 348 Å². The van der Waals surface area contributed by atoms with Crippen LogP contribution in [0.2, 0.25) is 0 Å². The topological polar surface area (TPSA) is 111 Å². The fourth-order valence-corrected chi connectivity index (χ4v) is 5.99. The minimum Gasteiger partial charge on any atom is -0.756 e. The van der Waals surface area contributed by atoms with Gasteiger partial charge in [0.2, 0.25) is 0 Å². The number of carbonyl (C=O) groups is 2. The van der Waals surface area contributed by atoms with Gasteiger partial charge >= 0.3 is 11.9 Å². The predicted molar refractivity (Wildman–Crippen MR) is 236 cm³/mol. The summed E-state index contributed by atoms with van der Waals surface area (Å²) in [6.07, 6.45) is 49.1. The van der Waals surface area contributed by atoms with Crippen molar-refractivity contribution in [1.82, 2.24) is 0 Å². The third-order valence-corrected chi connectivity index (χ3v) is 9.63. The minimum atomic E-state index is -4.65. The molecule has 2 atom stereocenters. The summed E-state index contributed by atoms with van der Waals surface area (Å²) in [5, 5.41) is 0. The first-order valence-electron chi connectivity index (χ1n) is 21.8. The summed E-state index contributed by atoms with van der Waals surface area (Å²) < 4.78 is 33.8. The number of hydrogen-bond donors (Lipinski definition) is 0. The van der Waals surface area contributed by atoms with E-state index in [9.17, 15) is 19.0 Å². The van der Waals surface area contributed by atoms with Gasteiger partial charge in [-0.05, 0) is 77.0 Å². The first-order valence-corrected chi connectivity index (χ1v) is 23.3. The quantitative estimate of drug-likeness (QED) is 0.0199. The van der Waals surface area contributed by atoms with Crippen LogP contribution in [0.1, 0.15) is 149 Å². The van der Waals surface area contributed by atoms with Crippen molar-refractivity contribution in [3.63, 3.8) is 0 Å². The molecule has 0 rings (SSSR count). The molecule has 0 aromatic heterocycles. The Hall–Kier alpha value is -2.81. The fraction of sp³-hybridized carbons (Fsp3) is 0.660. The van der Waals surface area contributed by atoms with Gasteiger partial charge in [0.05, 0.1) is 27.7 Å². The molecule has 326 valence electrons. The molecule has 0 spiro atoms. The van der Waals surface area contributed by atoms with E-state index in [4.69, 9.17) is 18.5 Å². The standard InChI is InChI=1S/C47H80NO8P/c1-6-8-10-12-14-16-18-20-22-23-24-25-26-28-29-31-33-35-37-39-46(49)53-43-45(44-55-57(51,52)54-42-41-48(3,4)5)56-47(50)40-38-36-34-32-30-27-21-19-17-15-13-11-9-7-2/h8,10,14,16,19-22,24-25,28-29,33,35,45H,6-7,9,11-13,15,17-18,23,26-27,30-32,34,36-44H2,1-5H3/b10-8+,16-14+,21-19+,22-20+,25-24+,29-28+,35-33+/t45-/m0/s1. The molecule has 0 N–H and O–H groups in total. The number of phosphoric acid groups is 1. The maximum Gasteiger partial charge on any atom is 0.306 e. The third-order valence-electron chi connectivity index (χ3n) is 8.66. The summed E-state index contributed by atoms with van der Waals surface area (Å²) in [6, 6.07) is 0. The number of unbranched alkanes of at least 4 members (excludes halogenated alkanes) is 10. The molecule has 9 nitrogen and oxygen atoms in total. The number of allylic oxidation sites excluding steroid dienone is 14. The number of carbonyl (C=O) groups excluding carboxylic acids is 2. The number of quaternary nitrogens is 1. The SMILES string of the molecule is CC/C=C/C/C=C/C/C=C/C/C=C/C/C=C/C/C=C/CCC(=O)OC[C@@H](COP(=O)([O-])OCC[N+](C)(C)C)OC(=O)CCCCCCC/C=C/CCCCCCC. The zero-order valence-corrected chi connectivity index (χ0v) is 37.4. The zero-order chi connectivity index (χ0) is 42.1. The Balaban J connectivity index is 4.51. The highest BCUT2D eigenvalue weighted by atomic mass is 31.2. The number of hydrogen-bond acceptors (Lipinski definition) is 8. The van der Waals surface area contributed by atoms with E-state index in [1.54, 1.807) is 0 Å². The molecule has 0 amide bonds. The van der Waals surface area contributed by atoms with Crippen molar-refractivity contribution >= 4 is 19.8 Å². The lowest BCUT2D eigenvalue weighted by atomic mass is 10.1. The molecule has 0 aromatic carbocycles. The van der Waals surface area contributed by atoms with E-state index in [0.29, 0.717) is 23.9 Å². The van der Waals surface area contributed by atoms with Crippen molar-refractivity contribution in [2.75, 3.05) is 47.5 Å². The average molecular weight is 818 g/mol. The van der Waals surface area contributed by atoms with Crippen LogP contribution in [0.15, 0.2) is 85.1 Å². The zero-order valence-electron chi connectivity index (χ0n) is 36.5. The van der Waals surface area contributed by atoms with E-state index in [2.05, 4.69) is 86.8 Å². The highest BCUT2D eigenvalue weighted by molar-refractivity contribution is 7.45. The highest BCUT2D eigenvalue weighted by Crippen LogP contribution is 2.38. The number of likely N-dealkylation sites (N-methyl/N-ethyl adjacent to an activating group) is 1. The molecule has 0 aliphatic rings. The summed E-state index contributed by atoms with van der Waals surface area (Å²) in [6.45, 7) is 3.98. The van der Waals surface area contributed by atoms with Gasteiger partial charge < -0.3 is 27.9 Å². The monoisotopic (exact) mass is 818 g/mol. The van der Waals surface area contributed by atoms with Gasteiger partial charge in [-0.1, -0.05) is 144 Å².